The van der Waals surface area contributed by atoms with Crippen molar-refractivity contribution in [2.45, 2.75) is 44.8 Å². The monoisotopic (exact) mass is 337 g/mol. The Kier molecular flexibility index (Phi) is 3.69. The number of alkyl halides is 3. The Balaban J connectivity index is 1.90. The van der Waals surface area contributed by atoms with Crippen LogP contribution in [0, 0.1) is 0 Å². The molecular weight excluding hydrogens is 319 g/mol. The number of anilines is 1. The molecule has 1 atom stereocenters. The van der Waals surface area contributed by atoms with E-state index in [1.165, 1.54) is 5.56 Å². The van der Waals surface area contributed by atoms with Crippen LogP contribution in [0.25, 0.3) is 0 Å². The lowest BCUT2D eigenvalue weighted by Gasteiger charge is -2.22. The van der Waals surface area contributed by atoms with Gasteiger partial charge in [0.2, 0.25) is 0 Å². The fourth-order valence-electron chi connectivity index (χ4n) is 3.59. The van der Waals surface area contributed by atoms with Gasteiger partial charge in [-0.25, -0.2) is 0 Å². The Labute approximate surface area is 137 Å². The fraction of sp³-hybridized carbons (Fsp3) is 0.412. The second-order valence-electron chi connectivity index (χ2n) is 6.85. The number of hydrogen-bond acceptors (Lipinski definition) is 2. The molecule has 3 rings (SSSR count). The number of hydrogen-bond donors (Lipinski definition) is 1. The minimum absolute atomic E-state index is 0.102. The average molecular weight is 337 g/mol. The molecule has 128 valence electrons. The molecule has 0 saturated carbocycles. The normalized spacial score (nSPS) is 19.2. The van der Waals surface area contributed by atoms with Gasteiger partial charge >= 0.3 is 6.30 Å². The number of rotatable bonds is 2. The SMILES string of the molecule is CC1CC(C)(C)c2c(NC(=O)c3cnn(C(F)(F)F)c3)cccc21. The third kappa shape index (κ3) is 2.79. The summed E-state index contributed by atoms with van der Waals surface area (Å²) in [5.41, 5.74) is 2.63. The molecular formula is C17H18F3N3O. The first-order valence-corrected chi connectivity index (χ1v) is 7.66. The molecule has 1 aliphatic rings. The van der Waals surface area contributed by atoms with Crippen LogP contribution in [0.5, 0.6) is 0 Å². The summed E-state index contributed by atoms with van der Waals surface area (Å²) in [6, 6.07) is 5.67. The summed E-state index contributed by atoms with van der Waals surface area (Å²) in [5.74, 6) is -0.228. The number of nitrogens with one attached hydrogen (secondary N) is 1. The van der Waals surface area contributed by atoms with Crippen molar-refractivity contribution in [1.29, 1.82) is 0 Å². The molecule has 1 aliphatic carbocycles. The largest absolute Gasteiger partial charge is 0.504 e. The molecule has 2 aromatic rings. The lowest BCUT2D eigenvalue weighted by atomic mass is 9.85. The lowest BCUT2D eigenvalue weighted by Crippen LogP contribution is -2.19. The van der Waals surface area contributed by atoms with Gasteiger partial charge in [-0.05, 0) is 34.9 Å². The topological polar surface area (TPSA) is 46.9 Å². The lowest BCUT2D eigenvalue weighted by molar-refractivity contribution is -0.212. The predicted molar refractivity (Wildman–Crippen MR) is 84.0 cm³/mol. The van der Waals surface area contributed by atoms with Crippen molar-refractivity contribution >= 4 is 11.6 Å². The maximum absolute atomic E-state index is 12.6. The van der Waals surface area contributed by atoms with E-state index in [-0.39, 0.29) is 15.7 Å². The number of nitrogens with zero attached hydrogens (tertiary/aromatic N) is 2. The van der Waals surface area contributed by atoms with E-state index in [2.05, 4.69) is 31.2 Å². The molecule has 1 aromatic heterocycles. The molecule has 0 spiro atoms. The smallest absolute Gasteiger partial charge is 0.322 e. The van der Waals surface area contributed by atoms with Gasteiger partial charge in [0.1, 0.15) is 0 Å². The maximum atomic E-state index is 12.6. The minimum Gasteiger partial charge on any atom is -0.322 e. The summed E-state index contributed by atoms with van der Waals surface area (Å²) in [6.07, 6.45) is -2.07. The van der Waals surface area contributed by atoms with Crippen LogP contribution in [0.1, 0.15) is 54.6 Å². The zero-order valence-corrected chi connectivity index (χ0v) is 13.6. The Bertz CT molecular complexity index is 793. The van der Waals surface area contributed by atoms with Crippen molar-refractivity contribution in [2.24, 2.45) is 0 Å². The second-order valence-corrected chi connectivity index (χ2v) is 6.85. The van der Waals surface area contributed by atoms with Crippen LogP contribution in [0.2, 0.25) is 0 Å². The molecule has 1 amide bonds. The summed E-state index contributed by atoms with van der Waals surface area (Å²) >= 11 is 0. The molecule has 0 aliphatic heterocycles. The van der Waals surface area contributed by atoms with Crippen molar-refractivity contribution in [3.8, 4) is 0 Å². The van der Waals surface area contributed by atoms with Crippen molar-refractivity contribution in [1.82, 2.24) is 9.78 Å². The second kappa shape index (κ2) is 5.36. The van der Waals surface area contributed by atoms with Crippen LogP contribution in [0.15, 0.2) is 30.6 Å². The summed E-state index contributed by atoms with van der Waals surface area (Å²) in [4.78, 5) is 12.3. The highest BCUT2D eigenvalue weighted by Gasteiger charge is 2.37. The van der Waals surface area contributed by atoms with Gasteiger partial charge in [0, 0.05) is 11.9 Å². The molecule has 4 nitrogen and oxygen atoms in total. The molecule has 1 N–H and O–H groups in total. The van der Waals surface area contributed by atoms with E-state index in [1.54, 1.807) is 6.07 Å². The van der Waals surface area contributed by atoms with Crippen LogP contribution in [-0.2, 0) is 11.7 Å². The van der Waals surface area contributed by atoms with Gasteiger partial charge in [-0.3, -0.25) is 4.79 Å². The molecule has 0 radical (unpaired) electrons. The summed E-state index contributed by atoms with van der Waals surface area (Å²) in [7, 11) is 0. The summed E-state index contributed by atoms with van der Waals surface area (Å²) in [5, 5.41) is 5.93. The fourth-order valence-corrected chi connectivity index (χ4v) is 3.59. The summed E-state index contributed by atoms with van der Waals surface area (Å²) < 4.78 is 37.6. The van der Waals surface area contributed by atoms with Gasteiger partial charge in [-0.1, -0.05) is 32.9 Å². The van der Waals surface area contributed by atoms with Crippen LogP contribution in [0.3, 0.4) is 0 Å². The zero-order chi connectivity index (χ0) is 17.7. The van der Waals surface area contributed by atoms with Gasteiger partial charge in [-0.15, -0.1) is 13.2 Å². The Hall–Kier alpha value is -2.31. The number of amides is 1. The van der Waals surface area contributed by atoms with E-state index in [0.717, 1.165) is 18.2 Å². The Morgan fingerprint density at radius 3 is 2.71 bits per heavy atom. The molecule has 24 heavy (non-hydrogen) atoms. The molecule has 0 bridgehead atoms. The third-order valence-corrected chi connectivity index (χ3v) is 4.47. The van der Waals surface area contributed by atoms with Gasteiger partial charge in [-0.2, -0.15) is 9.78 Å². The number of carbonyl (C=O) groups is 1. The van der Waals surface area contributed by atoms with E-state index in [9.17, 15) is 18.0 Å². The first-order chi connectivity index (χ1) is 11.1. The average Bonchev–Trinajstić information content (AvgIpc) is 3.03. The first-order valence-electron chi connectivity index (χ1n) is 7.66. The first kappa shape index (κ1) is 16.5. The predicted octanol–water partition coefficient (Wildman–Crippen LogP) is 4.40. The number of halogens is 3. The van der Waals surface area contributed by atoms with E-state index in [1.807, 2.05) is 12.1 Å². The van der Waals surface area contributed by atoms with E-state index >= 15 is 0 Å². The maximum Gasteiger partial charge on any atom is 0.504 e. The van der Waals surface area contributed by atoms with Crippen molar-refractivity contribution in [3.63, 3.8) is 0 Å². The molecule has 1 aromatic carbocycles. The minimum atomic E-state index is -4.63. The number of benzene rings is 1. The summed E-state index contributed by atoms with van der Waals surface area (Å²) in [6.45, 7) is 6.34. The van der Waals surface area contributed by atoms with E-state index in [0.29, 0.717) is 17.8 Å². The highest BCUT2D eigenvalue weighted by Crippen LogP contribution is 2.48. The van der Waals surface area contributed by atoms with Crippen molar-refractivity contribution in [3.05, 3.63) is 47.3 Å². The van der Waals surface area contributed by atoms with Gasteiger partial charge < -0.3 is 5.32 Å². The van der Waals surface area contributed by atoms with E-state index < -0.39 is 12.2 Å². The molecule has 1 heterocycles. The molecule has 0 saturated heterocycles. The third-order valence-electron chi connectivity index (χ3n) is 4.47. The molecule has 7 heteroatoms. The van der Waals surface area contributed by atoms with Crippen molar-refractivity contribution < 1.29 is 18.0 Å². The molecule has 1 unspecified atom stereocenters. The molecule has 0 fully saturated rings. The Morgan fingerprint density at radius 2 is 2.08 bits per heavy atom. The van der Waals surface area contributed by atoms with Gasteiger partial charge in [0.15, 0.2) is 0 Å². The van der Waals surface area contributed by atoms with Crippen LogP contribution in [-0.4, -0.2) is 15.7 Å². The van der Waals surface area contributed by atoms with Crippen LogP contribution < -0.4 is 5.32 Å². The highest BCUT2D eigenvalue weighted by atomic mass is 19.4. The highest BCUT2D eigenvalue weighted by molar-refractivity contribution is 6.04. The van der Waals surface area contributed by atoms with Gasteiger partial charge in [0.05, 0.1) is 11.8 Å². The van der Waals surface area contributed by atoms with Crippen LogP contribution in [0.4, 0.5) is 18.9 Å². The quantitative estimate of drug-likeness (QED) is 0.883. The number of aromatic nitrogens is 2. The Morgan fingerprint density at radius 1 is 1.38 bits per heavy atom. The van der Waals surface area contributed by atoms with Crippen LogP contribution >= 0.6 is 0 Å². The van der Waals surface area contributed by atoms with Crippen molar-refractivity contribution in [2.75, 3.05) is 5.32 Å². The standard InChI is InChI=1S/C17H18F3N3O/c1-10-7-16(2,3)14-12(10)5-4-6-13(14)22-15(24)11-8-21-23(9-11)17(18,19)20/h4-6,8-10H,7H2,1-3H3,(H,22,24). The zero-order valence-electron chi connectivity index (χ0n) is 13.6. The van der Waals surface area contributed by atoms with Gasteiger partial charge in [0.25, 0.3) is 5.91 Å². The number of fused-ring (bicyclic) bond motifs is 1. The number of carbonyl (C=O) groups excluding carboxylic acids is 1. The van der Waals surface area contributed by atoms with E-state index in [4.69, 9.17) is 0 Å².